The smallest absolute Gasteiger partial charge is 0.307 e. The first kappa shape index (κ1) is 26.3. The monoisotopic (exact) mass is 474 g/mol. The van der Waals surface area contributed by atoms with Gasteiger partial charge in [0, 0.05) is 17.3 Å². The lowest BCUT2D eigenvalue weighted by Crippen LogP contribution is -2.33. The van der Waals surface area contributed by atoms with Crippen LogP contribution in [0.3, 0.4) is 0 Å². The summed E-state index contributed by atoms with van der Waals surface area (Å²) in [5.41, 5.74) is -1.16. The minimum atomic E-state index is -3.74. The Hall–Kier alpha value is 0.240. The summed E-state index contributed by atoms with van der Waals surface area (Å²) in [7, 11) is -7.49. The van der Waals surface area contributed by atoms with Gasteiger partial charge in [0.05, 0.1) is 26.4 Å². The van der Waals surface area contributed by atoms with Crippen molar-refractivity contribution >= 4 is 38.3 Å². The number of thiazole rings is 1. The fraction of sp³-hybridized carbons (Fsp3) is 0.812. The number of rotatable bonds is 17. The molecule has 8 nitrogen and oxygen atoms in total. The number of nitrogens with one attached hydrogen (secondary N) is 1. The van der Waals surface area contributed by atoms with Gasteiger partial charge < -0.3 is 18.1 Å². The van der Waals surface area contributed by atoms with Crippen LogP contribution in [0.2, 0.25) is 0 Å². The van der Waals surface area contributed by atoms with E-state index in [-0.39, 0.29) is 26.4 Å². The summed E-state index contributed by atoms with van der Waals surface area (Å²) < 4.78 is 49.4. The van der Waals surface area contributed by atoms with E-state index in [0.29, 0.717) is 6.54 Å². The molecule has 0 spiro atoms. The van der Waals surface area contributed by atoms with Gasteiger partial charge in [0.15, 0.2) is 0 Å². The predicted molar refractivity (Wildman–Crippen MR) is 116 cm³/mol. The molecule has 164 valence electrons. The number of aromatic nitrogens is 1. The first-order valence-electron chi connectivity index (χ1n) is 9.48. The molecule has 0 unspecified atom stereocenters. The third-order valence-corrected chi connectivity index (χ3v) is 11.2. The van der Waals surface area contributed by atoms with E-state index in [2.05, 4.69) is 10.3 Å². The molecule has 1 N–H and O–H groups in total. The van der Waals surface area contributed by atoms with Crippen molar-refractivity contribution in [2.45, 2.75) is 50.4 Å². The van der Waals surface area contributed by atoms with Crippen LogP contribution in [0.25, 0.3) is 0 Å². The van der Waals surface area contributed by atoms with Crippen LogP contribution in [0.15, 0.2) is 15.9 Å². The summed E-state index contributed by atoms with van der Waals surface area (Å²) >= 11 is 3.32. The van der Waals surface area contributed by atoms with Gasteiger partial charge in [0.25, 0.3) is 0 Å². The van der Waals surface area contributed by atoms with E-state index in [0.717, 1.165) is 22.9 Å². The van der Waals surface area contributed by atoms with Gasteiger partial charge in [-0.3, -0.25) is 14.4 Å². The summed E-state index contributed by atoms with van der Waals surface area (Å²) in [6, 6.07) is 0. The van der Waals surface area contributed by atoms with E-state index in [1.807, 2.05) is 5.38 Å². The molecular formula is C16H32N2O6P2S2. The van der Waals surface area contributed by atoms with Gasteiger partial charge in [-0.25, -0.2) is 4.98 Å². The van der Waals surface area contributed by atoms with E-state index < -0.39 is 20.7 Å². The summed E-state index contributed by atoms with van der Waals surface area (Å²) in [5, 5.41) is 5.04. The number of hydrogen-bond acceptors (Lipinski definition) is 10. The van der Waals surface area contributed by atoms with E-state index in [4.69, 9.17) is 18.1 Å². The topological polar surface area (TPSA) is 96.0 Å². The predicted octanol–water partition coefficient (Wildman–Crippen LogP) is 5.42. The quantitative estimate of drug-likeness (QED) is 0.180. The fourth-order valence-electron chi connectivity index (χ4n) is 2.37. The molecule has 0 aliphatic heterocycles. The zero-order valence-corrected chi connectivity index (χ0v) is 20.4. The molecule has 0 saturated heterocycles. The Bertz CT molecular complexity index is 570. The summed E-state index contributed by atoms with van der Waals surface area (Å²) in [6.45, 7) is 8.00. The molecule has 12 heteroatoms. The number of thioether (sulfide) groups is 1. The van der Waals surface area contributed by atoms with Gasteiger partial charge >= 0.3 is 15.2 Å². The molecule has 0 aliphatic rings. The molecule has 0 fully saturated rings. The third-order valence-electron chi connectivity index (χ3n) is 3.37. The largest absolute Gasteiger partial charge is 0.359 e. The van der Waals surface area contributed by atoms with Crippen molar-refractivity contribution in [3.05, 3.63) is 11.6 Å². The lowest BCUT2D eigenvalue weighted by atomic mass is 10.3. The van der Waals surface area contributed by atoms with Gasteiger partial charge in [0.1, 0.15) is 4.34 Å². The molecule has 1 aromatic rings. The highest BCUT2D eigenvalue weighted by Crippen LogP contribution is 2.69. The number of unbranched alkanes of at least 4 members (excludes halogenated alkanes) is 1. The van der Waals surface area contributed by atoms with Crippen LogP contribution in [-0.4, -0.2) is 49.2 Å². The van der Waals surface area contributed by atoms with Gasteiger partial charge in [-0.15, -0.1) is 11.3 Å². The van der Waals surface area contributed by atoms with Gasteiger partial charge in [-0.05, 0) is 47.1 Å². The van der Waals surface area contributed by atoms with Crippen molar-refractivity contribution in [1.82, 2.24) is 10.3 Å². The van der Waals surface area contributed by atoms with Crippen molar-refractivity contribution in [1.29, 1.82) is 0 Å². The van der Waals surface area contributed by atoms with Crippen LogP contribution in [-0.2, 0) is 27.2 Å². The summed E-state index contributed by atoms with van der Waals surface area (Å²) in [6.07, 6.45) is 3.51. The van der Waals surface area contributed by atoms with Crippen molar-refractivity contribution in [2.75, 3.05) is 38.7 Å². The van der Waals surface area contributed by atoms with Gasteiger partial charge in [0.2, 0.25) is 5.52 Å². The van der Waals surface area contributed by atoms with Crippen LogP contribution in [0.4, 0.5) is 0 Å². The Morgan fingerprint density at radius 3 is 1.96 bits per heavy atom. The average molecular weight is 475 g/mol. The number of nitrogens with zero attached hydrogens (tertiary/aromatic N) is 1. The Labute approximate surface area is 176 Å². The van der Waals surface area contributed by atoms with Crippen LogP contribution < -0.4 is 5.32 Å². The lowest BCUT2D eigenvalue weighted by molar-refractivity contribution is 0.190. The molecule has 0 aliphatic carbocycles. The van der Waals surface area contributed by atoms with Crippen LogP contribution in [0.5, 0.6) is 0 Å². The Morgan fingerprint density at radius 2 is 1.54 bits per heavy atom. The maximum absolute atomic E-state index is 13.3. The first-order valence-corrected chi connectivity index (χ1v) is 14.6. The SMILES string of the molecule is CCOP(=O)(OCC)C(NCCCCSc1nccs1)P(=O)(OCC)OCC. The number of hydrogen-bond donors (Lipinski definition) is 1. The van der Waals surface area contributed by atoms with Crippen molar-refractivity contribution < 1.29 is 27.2 Å². The average Bonchev–Trinajstić information content (AvgIpc) is 3.15. The third kappa shape index (κ3) is 8.54. The molecule has 1 rings (SSSR count). The van der Waals surface area contributed by atoms with E-state index >= 15 is 0 Å². The molecule has 1 heterocycles. The fourth-order valence-corrected chi connectivity index (χ4v) is 9.12. The Balaban J connectivity index is 2.75. The second kappa shape index (κ2) is 14.3. The standard InChI is InChI=1S/C16H32N2O6P2S2/c1-5-21-25(19,22-6-2)15(26(20,23-7-3)24-8-4)17-11-9-10-13-27-16-18-12-14-28-16/h12,14-15,17H,5-11,13H2,1-4H3. The minimum Gasteiger partial charge on any atom is -0.307 e. The molecule has 0 radical (unpaired) electrons. The molecule has 0 aromatic carbocycles. The molecule has 1 aromatic heterocycles. The molecular weight excluding hydrogens is 442 g/mol. The maximum atomic E-state index is 13.3. The van der Waals surface area contributed by atoms with Crippen molar-refractivity contribution in [3.63, 3.8) is 0 Å². The Kier molecular flexibility index (Phi) is 13.4. The Morgan fingerprint density at radius 1 is 1.00 bits per heavy atom. The van der Waals surface area contributed by atoms with Crippen molar-refractivity contribution in [3.8, 4) is 0 Å². The maximum Gasteiger partial charge on any atom is 0.359 e. The minimum absolute atomic E-state index is 0.165. The summed E-state index contributed by atoms with van der Waals surface area (Å²) in [5.74, 6) is 0.920. The molecule has 28 heavy (non-hydrogen) atoms. The van der Waals surface area contributed by atoms with Crippen LogP contribution in [0, 0.1) is 0 Å². The second-order valence-electron chi connectivity index (χ2n) is 5.43. The zero-order chi connectivity index (χ0) is 20.9. The second-order valence-corrected chi connectivity index (χ2v) is 12.3. The zero-order valence-electron chi connectivity index (χ0n) is 17.0. The molecule has 0 amide bonds. The first-order chi connectivity index (χ1) is 13.5. The van der Waals surface area contributed by atoms with E-state index in [1.165, 1.54) is 0 Å². The lowest BCUT2D eigenvalue weighted by Gasteiger charge is -2.31. The van der Waals surface area contributed by atoms with E-state index in [9.17, 15) is 9.13 Å². The van der Waals surface area contributed by atoms with Crippen LogP contribution >= 0.6 is 38.3 Å². The van der Waals surface area contributed by atoms with E-state index in [1.54, 1.807) is 57.0 Å². The van der Waals surface area contributed by atoms with Gasteiger partial charge in [-0.2, -0.15) is 0 Å². The highest BCUT2D eigenvalue weighted by Gasteiger charge is 2.50. The molecule has 0 saturated carbocycles. The summed E-state index contributed by atoms with van der Waals surface area (Å²) in [4.78, 5) is 4.23. The normalized spacial score (nSPS) is 12.8. The molecule has 0 atom stereocenters. The van der Waals surface area contributed by atoms with Gasteiger partial charge in [-0.1, -0.05) is 11.8 Å². The van der Waals surface area contributed by atoms with Crippen LogP contribution in [0.1, 0.15) is 40.5 Å². The highest BCUT2D eigenvalue weighted by atomic mass is 32.2. The molecule has 0 bridgehead atoms. The van der Waals surface area contributed by atoms with Crippen molar-refractivity contribution in [2.24, 2.45) is 0 Å². The highest BCUT2D eigenvalue weighted by molar-refractivity contribution is 8.00.